The molecule has 3 heterocycles. The molecule has 8 nitrogen and oxygen atoms in total. The van der Waals surface area contributed by atoms with Gasteiger partial charge in [0.05, 0.1) is 19.0 Å². The van der Waals surface area contributed by atoms with Crippen molar-refractivity contribution in [2.24, 2.45) is 5.92 Å². The Bertz CT molecular complexity index is 1240. The number of piperidine rings is 1. The number of benzene rings is 2. The maximum absolute atomic E-state index is 14.3. The maximum Gasteiger partial charge on any atom is 0.229 e. The standard InChI is InChI=1S/C24H26FN7O.CH4/c1-33-18-8-6-17(7-9-18)28-23-27-14-21-22(31-23)32(15-16-10-12-26-13-11-16)24(30-21)29-20-5-3-2-4-19(20)25;/h2-9,14,16,26H,10-13,15H2,1H3,(H,29,30)(H,27,28,31);1H4. The number of methoxy groups -OCH3 is 1. The van der Waals surface area contributed by atoms with Crippen molar-refractivity contribution in [1.82, 2.24) is 24.8 Å². The third-order valence-electron chi connectivity index (χ3n) is 5.85. The molecule has 2 aromatic heterocycles. The van der Waals surface area contributed by atoms with Crippen molar-refractivity contribution in [3.8, 4) is 5.75 Å². The Labute approximate surface area is 198 Å². The fourth-order valence-electron chi connectivity index (χ4n) is 4.06. The molecular weight excluding hydrogens is 433 g/mol. The van der Waals surface area contributed by atoms with Gasteiger partial charge in [-0.2, -0.15) is 4.98 Å². The quantitative estimate of drug-likeness (QED) is 0.351. The molecule has 0 radical (unpaired) electrons. The summed E-state index contributed by atoms with van der Waals surface area (Å²) in [6, 6.07) is 14.2. The van der Waals surface area contributed by atoms with Crippen molar-refractivity contribution in [3.05, 3.63) is 60.5 Å². The lowest BCUT2D eigenvalue weighted by atomic mass is 9.98. The lowest BCUT2D eigenvalue weighted by Gasteiger charge is -2.24. The number of rotatable bonds is 7. The van der Waals surface area contributed by atoms with Gasteiger partial charge in [-0.25, -0.2) is 14.4 Å². The van der Waals surface area contributed by atoms with Gasteiger partial charge in [0.25, 0.3) is 0 Å². The zero-order chi connectivity index (χ0) is 22.6. The molecule has 1 aliphatic heterocycles. The molecule has 0 spiro atoms. The number of hydrogen-bond donors (Lipinski definition) is 3. The number of aromatic nitrogens is 4. The van der Waals surface area contributed by atoms with Gasteiger partial charge in [-0.05, 0) is 68.2 Å². The normalized spacial score (nSPS) is 13.9. The van der Waals surface area contributed by atoms with Crippen LogP contribution in [0.15, 0.2) is 54.7 Å². The van der Waals surface area contributed by atoms with Crippen LogP contribution in [-0.2, 0) is 6.54 Å². The summed E-state index contributed by atoms with van der Waals surface area (Å²) in [4.78, 5) is 13.9. The number of nitrogens with one attached hydrogen (secondary N) is 3. The Kier molecular flexibility index (Phi) is 7.22. The second-order valence-corrected chi connectivity index (χ2v) is 8.10. The Balaban J connectivity index is 0.00000274. The van der Waals surface area contributed by atoms with E-state index >= 15 is 0 Å². The van der Waals surface area contributed by atoms with Gasteiger partial charge in [0.1, 0.15) is 17.1 Å². The van der Waals surface area contributed by atoms with Crippen LogP contribution in [0.5, 0.6) is 5.75 Å². The average Bonchev–Trinajstić information content (AvgIpc) is 3.18. The van der Waals surface area contributed by atoms with Crippen molar-refractivity contribution >= 4 is 34.4 Å². The second kappa shape index (κ2) is 10.5. The molecule has 2 aromatic carbocycles. The molecule has 3 N–H and O–H groups in total. The number of halogens is 1. The minimum absolute atomic E-state index is 0. The van der Waals surface area contributed by atoms with Gasteiger partial charge in [0.15, 0.2) is 5.65 Å². The topological polar surface area (TPSA) is 88.9 Å². The van der Waals surface area contributed by atoms with Gasteiger partial charge in [0, 0.05) is 12.2 Å². The highest BCUT2D eigenvalue weighted by Gasteiger charge is 2.20. The summed E-state index contributed by atoms with van der Waals surface area (Å²) in [5, 5.41) is 9.80. The smallest absolute Gasteiger partial charge is 0.229 e. The number of anilines is 4. The molecule has 0 saturated carbocycles. The van der Waals surface area contributed by atoms with Gasteiger partial charge >= 0.3 is 0 Å². The van der Waals surface area contributed by atoms with Gasteiger partial charge in [-0.3, -0.25) is 4.57 Å². The third-order valence-corrected chi connectivity index (χ3v) is 5.85. The Hall–Kier alpha value is -3.72. The first-order valence-electron chi connectivity index (χ1n) is 11.1. The van der Waals surface area contributed by atoms with E-state index in [2.05, 4.69) is 25.9 Å². The summed E-state index contributed by atoms with van der Waals surface area (Å²) >= 11 is 0. The number of imidazole rings is 1. The first kappa shape index (κ1) is 23.4. The van der Waals surface area contributed by atoms with E-state index in [9.17, 15) is 4.39 Å². The summed E-state index contributed by atoms with van der Waals surface area (Å²) in [5.74, 6) is 1.96. The summed E-state index contributed by atoms with van der Waals surface area (Å²) in [5.41, 5.74) is 2.59. The Morgan fingerprint density at radius 2 is 1.82 bits per heavy atom. The van der Waals surface area contributed by atoms with E-state index in [4.69, 9.17) is 9.72 Å². The minimum Gasteiger partial charge on any atom is -0.497 e. The molecule has 1 saturated heterocycles. The number of ether oxygens (including phenoxy) is 1. The minimum atomic E-state index is -0.328. The first-order chi connectivity index (χ1) is 16.2. The molecule has 34 heavy (non-hydrogen) atoms. The molecule has 4 aromatic rings. The predicted octanol–water partition coefficient (Wildman–Crippen LogP) is 5.10. The molecule has 0 aliphatic carbocycles. The van der Waals surface area contributed by atoms with E-state index in [0.717, 1.165) is 43.9 Å². The number of fused-ring (bicyclic) bond motifs is 1. The SMILES string of the molecule is C.COc1ccc(Nc2ncc3nc(Nc4ccccc4F)n(CC4CCNCC4)c3n2)cc1. The lowest BCUT2D eigenvalue weighted by molar-refractivity contribution is 0.337. The molecule has 1 aliphatic rings. The largest absolute Gasteiger partial charge is 0.497 e. The molecule has 9 heteroatoms. The van der Waals surface area contributed by atoms with E-state index in [0.29, 0.717) is 34.7 Å². The van der Waals surface area contributed by atoms with Crippen LogP contribution in [0.3, 0.4) is 0 Å². The van der Waals surface area contributed by atoms with E-state index in [1.165, 1.54) is 6.07 Å². The molecular formula is C25H30FN7O. The van der Waals surface area contributed by atoms with Crippen molar-refractivity contribution in [1.29, 1.82) is 0 Å². The van der Waals surface area contributed by atoms with Crippen molar-refractivity contribution in [2.75, 3.05) is 30.8 Å². The highest BCUT2D eigenvalue weighted by molar-refractivity contribution is 5.77. The lowest BCUT2D eigenvalue weighted by Crippen LogP contribution is -2.30. The fraction of sp³-hybridized carbons (Fsp3) is 0.320. The summed E-state index contributed by atoms with van der Waals surface area (Å²) in [6.07, 6.45) is 3.83. The first-order valence-corrected chi connectivity index (χ1v) is 11.1. The fourth-order valence-corrected chi connectivity index (χ4v) is 4.06. The van der Waals surface area contributed by atoms with Crippen LogP contribution in [0.4, 0.5) is 27.7 Å². The van der Waals surface area contributed by atoms with Crippen LogP contribution in [0.1, 0.15) is 20.3 Å². The molecule has 0 atom stereocenters. The van der Waals surface area contributed by atoms with Crippen molar-refractivity contribution in [2.45, 2.75) is 26.8 Å². The average molecular weight is 464 g/mol. The molecule has 5 rings (SSSR count). The third kappa shape index (κ3) is 5.09. The molecule has 0 amide bonds. The molecule has 178 valence electrons. The zero-order valence-corrected chi connectivity index (χ0v) is 18.4. The Morgan fingerprint density at radius 3 is 2.56 bits per heavy atom. The molecule has 0 bridgehead atoms. The van der Waals surface area contributed by atoms with Crippen LogP contribution in [0.25, 0.3) is 11.2 Å². The van der Waals surface area contributed by atoms with Gasteiger partial charge < -0.3 is 20.7 Å². The monoisotopic (exact) mass is 463 g/mol. The van der Waals surface area contributed by atoms with Gasteiger partial charge in [0.2, 0.25) is 11.9 Å². The number of nitrogens with zero attached hydrogens (tertiary/aromatic N) is 4. The van der Waals surface area contributed by atoms with E-state index in [1.807, 2.05) is 28.8 Å². The van der Waals surface area contributed by atoms with Gasteiger partial charge in [-0.15, -0.1) is 0 Å². The van der Waals surface area contributed by atoms with Crippen LogP contribution in [-0.4, -0.2) is 39.7 Å². The van der Waals surface area contributed by atoms with Gasteiger partial charge in [-0.1, -0.05) is 19.6 Å². The zero-order valence-electron chi connectivity index (χ0n) is 18.4. The summed E-state index contributed by atoms with van der Waals surface area (Å²) in [7, 11) is 1.63. The van der Waals surface area contributed by atoms with Crippen molar-refractivity contribution < 1.29 is 9.13 Å². The maximum atomic E-state index is 14.3. The number of hydrogen-bond acceptors (Lipinski definition) is 7. The number of para-hydroxylation sites is 1. The molecule has 1 fully saturated rings. The van der Waals surface area contributed by atoms with Crippen molar-refractivity contribution in [3.63, 3.8) is 0 Å². The van der Waals surface area contributed by atoms with E-state index in [-0.39, 0.29) is 13.2 Å². The second-order valence-electron chi connectivity index (χ2n) is 8.10. The van der Waals surface area contributed by atoms with Crippen LogP contribution >= 0.6 is 0 Å². The highest BCUT2D eigenvalue weighted by atomic mass is 19.1. The molecule has 0 unspecified atom stereocenters. The van der Waals surface area contributed by atoms with E-state index in [1.54, 1.807) is 31.5 Å². The van der Waals surface area contributed by atoms with E-state index < -0.39 is 0 Å². The van der Waals surface area contributed by atoms with Crippen LogP contribution in [0, 0.1) is 11.7 Å². The van der Waals surface area contributed by atoms with Crippen LogP contribution in [0.2, 0.25) is 0 Å². The predicted molar refractivity (Wildman–Crippen MR) is 134 cm³/mol. The van der Waals surface area contributed by atoms with Crippen LogP contribution < -0.4 is 20.7 Å². The summed E-state index contributed by atoms with van der Waals surface area (Å²) in [6.45, 7) is 2.73. The summed E-state index contributed by atoms with van der Waals surface area (Å²) < 4.78 is 21.6. The highest BCUT2D eigenvalue weighted by Crippen LogP contribution is 2.27. The Morgan fingerprint density at radius 1 is 1.06 bits per heavy atom.